The van der Waals surface area contributed by atoms with Crippen LogP contribution in [0.3, 0.4) is 0 Å². The minimum atomic E-state index is -0.886. The summed E-state index contributed by atoms with van der Waals surface area (Å²) in [6, 6.07) is 10.6. The molecule has 0 aliphatic carbocycles. The number of carbonyl (C=O) groups is 3. The molecule has 1 heterocycles. The Hall–Kier alpha value is -3.22. The number of amides is 1. The van der Waals surface area contributed by atoms with Crippen molar-refractivity contribution < 1.29 is 23.9 Å². The quantitative estimate of drug-likeness (QED) is 0.388. The second kappa shape index (κ2) is 7.17. The molecule has 2 aromatic rings. The van der Waals surface area contributed by atoms with Gasteiger partial charge in [-0.15, -0.1) is 0 Å². The summed E-state index contributed by atoms with van der Waals surface area (Å²) in [4.78, 5) is 34.5. The normalized spacial score (nSPS) is 9.96. The van der Waals surface area contributed by atoms with Crippen LogP contribution in [0.1, 0.15) is 27.8 Å². The molecule has 0 bridgehead atoms. The summed E-state index contributed by atoms with van der Waals surface area (Å²) in [6.07, 6.45) is 1.16. The Morgan fingerprint density at radius 1 is 1.13 bits per heavy atom. The molecule has 0 aliphatic rings. The molecule has 7 nitrogen and oxygen atoms in total. The molecule has 0 unspecified atom stereocenters. The van der Waals surface area contributed by atoms with Crippen molar-refractivity contribution in [3.63, 3.8) is 0 Å². The molecule has 1 amide bonds. The van der Waals surface area contributed by atoms with Crippen molar-refractivity contribution in [1.29, 1.82) is 0 Å². The summed E-state index contributed by atoms with van der Waals surface area (Å²) in [7, 11) is 0. The Balaban J connectivity index is 1.89. The molecule has 0 atom stereocenters. The third-order valence-corrected chi connectivity index (χ3v) is 2.94. The van der Waals surface area contributed by atoms with Gasteiger partial charge in [-0.05, 0) is 37.3 Å². The van der Waals surface area contributed by atoms with Gasteiger partial charge in [0.2, 0.25) is 0 Å². The van der Waals surface area contributed by atoms with E-state index in [0.717, 1.165) is 6.20 Å². The molecule has 0 aliphatic heterocycles. The maximum Gasteiger partial charge on any atom is 0.405 e. The summed E-state index contributed by atoms with van der Waals surface area (Å²) < 4.78 is 5.14. The van der Waals surface area contributed by atoms with Crippen LogP contribution in [0.2, 0.25) is 0 Å². The standard InChI is InChI=1S/C16H14N2O5/c1-11(19)12-5-7-13(8-6-12)17-15(20)10-23-16(21)14-4-2-3-9-18(14)22/h2-9H,10H2,1H3,(H,17,20). The average molecular weight is 314 g/mol. The van der Waals surface area contributed by atoms with Crippen molar-refractivity contribution in [2.45, 2.75) is 6.92 Å². The van der Waals surface area contributed by atoms with E-state index >= 15 is 0 Å². The number of esters is 1. The number of ketones is 1. The number of hydrogen-bond acceptors (Lipinski definition) is 5. The molecule has 0 saturated carbocycles. The first-order chi connectivity index (χ1) is 11.0. The van der Waals surface area contributed by atoms with Crippen LogP contribution in [0.25, 0.3) is 0 Å². The zero-order valence-electron chi connectivity index (χ0n) is 12.3. The predicted octanol–water partition coefficient (Wildman–Crippen LogP) is 1.32. The second-order valence-electron chi connectivity index (χ2n) is 4.67. The first-order valence-electron chi connectivity index (χ1n) is 6.73. The molecule has 0 saturated heterocycles. The number of nitrogens with one attached hydrogen (secondary N) is 1. The molecule has 1 N–H and O–H groups in total. The van der Waals surface area contributed by atoms with Gasteiger partial charge in [0.1, 0.15) is 0 Å². The number of rotatable bonds is 5. The number of aromatic nitrogens is 1. The highest BCUT2D eigenvalue weighted by atomic mass is 16.5. The minimum Gasteiger partial charge on any atom is -0.618 e. The van der Waals surface area contributed by atoms with Gasteiger partial charge < -0.3 is 15.3 Å². The van der Waals surface area contributed by atoms with Crippen molar-refractivity contribution >= 4 is 23.3 Å². The Labute approximate surface area is 132 Å². The highest BCUT2D eigenvalue weighted by Gasteiger charge is 2.18. The van der Waals surface area contributed by atoms with Gasteiger partial charge in [-0.2, -0.15) is 4.73 Å². The highest BCUT2D eigenvalue weighted by molar-refractivity contribution is 5.96. The van der Waals surface area contributed by atoms with E-state index in [1.54, 1.807) is 24.3 Å². The molecular weight excluding hydrogens is 300 g/mol. The van der Waals surface area contributed by atoms with Gasteiger partial charge in [-0.1, -0.05) is 0 Å². The molecule has 118 valence electrons. The summed E-state index contributed by atoms with van der Waals surface area (Å²) in [5.41, 5.74) is 0.791. The number of carbonyl (C=O) groups excluding carboxylic acids is 3. The largest absolute Gasteiger partial charge is 0.618 e. The van der Waals surface area contributed by atoms with Crippen LogP contribution in [-0.4, -0.2) is 24.3 Å². The van der Waals surface area contributed by atoms with E-state index in [1.165, 1.54) is 25.1 Å². The fraction of sp³-hybridized carbons (Fsp3) is 0.125. The van der Waals surface area contributed by atoms with Gasteiger partial charge in [0, 0.05) is 23.4 Å². The first kappa shape index (κ1) is 16.2. The van der Waals surface area contributed by atoms with Crippen molar-refractivity contribution in [1.82, 2.24) is 0 Å². The SMILES string of the molecule is CC(=O)c1ccc(NC(=O)COC(=O)c2cccc[n+]2[O-])cc1. The third kappa shape index (κ3) is 4.37. The minimum absolute atomic E-state index is 0.0782. The summed E-state index contributed by atoms with van der Waals surface area (Å²) in [5, 5.41) is 13.9. The number of pyridine rings is 1. The van der Waals surface area contributed by atoms with E-state index in [9.17, 15) is 19.6 Å². The Kier molecular flexibility index (Phi) is 5.03. The van der Waals surface area contributed by atoms with Gasteiger partial charge in [0.25, 0.3) is 5.91 Å². The van der Waals surface area contributed by atoms with Gasteiger partial charge in [-0.25, -0.2) is 4.79 Å². The lowest BCUT2D eigenvalue weighted by molar-refractivity contribution is -0.608. The Bertz CT molecular complexity index is 740. The van der Waals surface area contributed by atoms with Gasteiger partial charge in [0.05, 0.1) is 0 Å². The summed E-state index contributed by atoms with van der Waals surface area (Å²) in [5.74, 6) is -1.52. The van der Waals surface area contributed by atoms with E-state index in [2.05, 4.69) is 5.32 Å². The maximum atomic E-state index is 11.7. The topological polar surface area (TPSA) is 99.4 Å². The van der Waals surface area contributed by atoms with E-state index in [0.29, 0.717) is 16.0 Å². The van der Waals surface area contributed by atoms with Crippen molar-refractivity contribution in [3.05, 3.63) is 65.1 Å². The third-order valence-electron chi connectivity index (χ3n) is 2.94. The van der Waals surface area contributed by atoms with Gasteiger partial charge in [-0.3, -0.25) is 9.59 Å². The Morgan fingerprint density at radius 3 is 2.43 bits per heavy atom. The van der Waals surface area contributed by atoms with Crippen LogP contribution >= 0.6 is 0 Å². The molecule has 1 aromatic carbocycles. The molecular formula is C16H14N2O5. The average Bonchev–Trinajstić information content (AvgIpc) is 2.53. The second-order valence-corrected chi connectivity index (χ2v) is 4.67. The van der Waals surface area contributed by atoms with Crippen LogP contribution in [0, 0.1) is 5.21 Å². The first-order valence-corrected chi connectivity index (χ1v) is 6.73. The number of ether oxygens (including phenoxy) is 1. The summed E-state index contributed by atoms with van der Waals surface area (Å²) >= 11 is 0. The summed E-state index contributed by atoms with van der Waals surface area (Å²) in [6.45, 7) is 0.918. The monoisotopic (exact) mass is 314 g/mol. The van der Waals surface area contributed by atoms with Crippen LogP contribution in [0.5, 0.6) is 0 Å². The zero-order chi connectivity index (χ0) is 16.8. The Morgan fingerprint density at radius 2 is 1.83 bits per heavy atom. The number of nitrogens with zero attached hydrogens (tertiary/aromatic N) is 1. The molecule has 2 rings (SSSR count). The van der Waals surface area contributed by atoms with Crippen LogP contribution in [0.15, 0.2) is 48.7 Å². The lowest BCUT2D eigenvalue weighted by Crippen LogP contribution is -2.35. The molecule has 0 radical (unpaired) electrons. The van der Waals surface area contributed by atoms with E-state index in [1.807, 2.05) is 0 Å². The fourth-order valence-electron chi connectivity index (χ4n) is 1.78. The number of hydrogen-bond donors (Lipinski definition) is 1. The zero-order valence-corrected chi connectivity index (χ0v) is 12.3. The van der Waals surface area contributed by atoms with E-state index < -0.39 is 18.5 Å². The van der Waals surface area contributed by atoms with Crippen molar-refractivity contribution in [3.8, 4) is 0 Å². The molecule has 1 aromatic heterocycles. The number of benzene rings is 1. The highest BCUT2D eigenvalue weighted by Crippen LogP contribution is 2.10. The smallest absolute Gasteiger partial charge is 0.405 e. The van der Waals surface area contributed by atoms with Gasteiger partial charge >= 0.3 is 11.7 Å². The number of Topliss-reactive ketones (excluding diaryl/α,β-unsaturated/α-hetero) is 1. The molecule has 7 heteroatoms. The van der Waals surface area contributed by atoms with Crippen molar-refractivity contribution in [2.75, 3.05) is 11.9 Å². The lowest BCUT2D eigenvalue weighted by Gasteiger charge is -2.07. The van der Waals surface area contributed by atoms with Crippen LogP contribution in [-0.2, 0) is 9.53 Å². The predicted molar refractivity (Wildman–Crippen MR) is 80.8 cm³/mol. The van der Waals surface area contributed by atoms with Crippen LogP contribution < -0.4 is 10.0 Å². The van der Waals surface area contributed by atoms with E-state index in [-0.39, 0.29) is 11.5 Å². The maximum absolute atomic E-state index is 11.7. The molecule has 23 heavy (non-hydrogen) atoms. The fourth-order valence-corrected chi connectivity index (χ4v) is 1.78. The van der Waals surface area contributed by atoms with Gasteiger partial charge in [0.15, 0.2) is 18.6 Å². The molecule has 0 fully saturated rings. The van der Waals surface area contributed by atoms with Crippen LogP contribution in [0.4, 0.5) is 5.69 Å². The lowest BCUT2D eigenvalue weighted by atomic mass is 10.1. The van der Waals surface area contributed by atoms with Crippen molar-refractivity contribution in [2.24, 2.45) is 0 Å². The number of anilines is 1. The van der Waals surface area contributed by atoms with E-state index in [4.69, 9.17) is 4.74 Å². The molecule has 0 spiro atoms.